The van der Waals surface area contributed by atoms with Crippen LogP contribution in [0.25, 0.3) is 0 Å². The van der Waals surface area contributed by atoms with Crippen molar-refractivity contribution in [2.24, 2.45) is 20.1 Å². The third-order valence-electron chi connectivity index (χ3n) is 5.11. The molecule has 0 saturated carbocycles. The van der Waals surface area contributed by atoms with E-state index in [0.29, 0.717) is 0 Å². The summed E-state index contributed by atoms with van der Waals surface area (Å²) >= 11 is 0. The molecule has 208 valence electrons. The van der Waals surface area contributed by atoms with E-state index in [9.17, 15) is 39.6 Å². The van der Waals surface area contributed by atoms with Crippen LogP contribution in [0.3, 0.4) is 0 Å². The molecular formula is C23H26F6N5O3P. The number of rotatable bonds is 7. The van der Waals surface area contributed by atoms with E-state index in [1.54, 1.807) is 0 Å². The van der Waals surface area contributed by atoms with Gasteiger partial charge >= 0.3 is 33.0 Å². The molecule has 0 aromatic heterocycles. The van der Waals surface area contributed by atoms with Crippen LogP contribution in [0.15, 0.2) is 38.3 Å². The fourth-order valence-electron chi connectivity index (χ4n) is 3.39. The van der Waals surface area contributed by atoms with Crippen LogP contribution < -0.4 is 5.53 Å². The quantitative estimate of drug-likeness (QED) is 0.133. The van der Waals surface area contributed by atoms with Gasteiger partial charge in [0.1, 0.15) is 5.69 Å². The fraction of sp³-hybridized carbons (Fsp3) is 0.348. The summed E-state index contributed by atoms with van der Waals surface area (Å²) in [5, 5.41) is 3.61. The van der Waals surface area contributed by atoms with Gasteiger partial charge in [0.15, 0.2) is 0 Å². The number of halogens is 6. The molecule has 0 amide bonds. The summed E-state index contributed by atoms with van der Waals surface area (Å²) in [7, 11) is -10.7. The number of hydrogen-bond acceptors (Lipinski definition) is 7. The molecule has 2 aromatic carbocycles. The number of carbonyl (C=O) groups excluding carboxylic acids is 3. The molecule has 0 radical (unpaired) electrons. The van der Waals surface area contributed by atoms with E-state index in [1.165, 1.54) is 23.8 Å². The number of benzene rings is 2. The normalized spacial score (nSPS) is 11.9. The van der Waals surface area contributed by atoms with Crippen molar-refractivity contribution in [3.05, 3.63) is 62.7 Å². The van der Waals surface area contributed by atoms with Crippen molar-refractivity contribution in [3.63, 3.8) is 0 Å². The predicted octanol–water partition coefficient (Wildman–Crippen LogP) is 6.65. The first-order chi connectivity index (χ1) is 17.3. The van der Waals surface area contributed by atoms with Crippen molar-refractivity contribution in [1.29, 1.82) is 0 Å². The van der Waals surface area contributed by atoms with E-state index < -0.39 is 7.81 Å². The van der Waals surface area contributed by atoms with Crippen LogP contribution in [-0.2, 0) is 34.0 Å². The monoisotopic (exact) mass is 565 g/mol. The van der Waals surface area contributed by atoms with Gasteiger partial charge in [0.05, 0.1) is 19.6 Å². The SMILES string of the molecule is Cc1c(CN=C=O)c(C)c(CN=C=O)c(C)c1CN=C=O.Cc1ccc(N=[NH2+])c(C)c1.F[P-](F)(F)(F)(F)F. The van der Waals surface area contributed by atoms with Gasteiger partial charge in [0.2, 0.25) is 18.2 Å². The Hall–Kier alpha value is -3.81. The second kappa shape index (κ2) is 13.1. The van der Waals surface area contributed by atoms with Gasteiger partial charge in [-0.05, 0) is 84.7 Å². The molecule has 0 bridgehead atoms. The Morgan fingerprint density at radius 3 is 1.24 bits per heavy atom. The van der Waals surface area contributed by atoms with Gasteiger partial charge in [-0.25, -0.2) is 29.4 Å². The Balaban J connectivity index is 0.000000661. The first kappa shape index (κ1) is 34.2. The second-order valence-corrected chi connectivity index (χ2v) is 9.83. The molecule has 8 nitrogen and oxygen atoms in total. The van der Waals surface area contributed by atoms with E-state index in [4.69, 9.17) is 5.53 Å². The van der Waals surface area contributed by atoms with Crippen molar-refractivity contribution in [3.8, 4) is 0 Å². The van der Waals surface area contributed by atoms with Crippen molar-refractivity contribution in [2.75, 3.05) is 0 Å². The molecule has 0 unspecified atom stereocenters. The van der Waals surface area contributed by atoms with Gasteiger partial charge < -0.3 is 0 Å². The van der Waals surface area contributed by atoms with Gasteiger partial charge in [-0.3, -0.25) is 0 Å². The number of hydrogen-bond donors (Lipinski definition) is 1. The Morgan fingerprint density at radius 1 is 0.684 bits per heavy atom. The molecule has 0 aliphatic carbocycles. The van der Waals surface area contributed by atoms with E-state index in [1.807, 2.05) is 46.8 Å². The van der Waals surface area contributed by atoms with Crippen molar-refractivity contribution in [2.45, 2.75) is 54.3 Å². The molecule has 2 N–H and O–H groups in total. The average Bonchev–Trinajstić information content (AvgIpc) is 2.77. The third kappa shape index (κ3) is 14.1. The van der Waals surface area contributed by atoms with Crippen molar-refractivity contribution in [1.82, 2.24) is 0 Å². The predicted molar refractivity (Wildman–Crippen MR) is 130 cm³/mol. The number of isocyanates is 3. The second-order valence-electron chi connectivity index (χ2n) is 7.91. The summed E-state index contributed by atoms with van der Waals surface area (Å²) in [6, 6.07) is 5.98. The molecule has 0 aliphatic rings. The summed E-state index contributed by atoms with van der Waals surface area (Å²) in [6.45, 7) is 10.3. The summed E-state index contributed by atoms with van der Waals surface area (Å²) < 4.78 is 59.2. The number of aryl methyl sites for hydroxylation is 2. The fourth-order valence-corrected chi connectivity index (χ4v) is 3.39. The summed E-state index contributed by atoms with van der Waals surface area (Å²) in [5.41, 5.74) is 13.7. The van der Waals surface area contributed by atoms with E-state index in [-0.39, 0.29) is 19.6 Å². The van der Waals surface area contributed by atoms with Crippen LogP contribution in [0, 0.1) is 34.6 Å². The summed E-state index contributed by atoms with van der Waals surface area (Å²) in [4.78, 5) is 41.9. The zero-order chi connectivity index (χ0) is 29.8. The first-order valence-electron chi connectivity index (χ1n) is 10.5. The van der Waals surface area contributed by atoms with Gasteiger partial charge in [-0.15, -0.1) is 0 Å². The van der Waals surface area contributed by atoms with Gasteiger partial charge in [-0.2, -0.15) is 5.53 Å². The first-order valence-corrected chi connectivity index (χ1v) is 12.6. The van der Waals surface area contributed by atoms with E-state index in [2.05, 4.69) is 26.2 Å². The van der Waals surface area contributed by atoms with E-state index >= 15 is 0 Å². The minimum absolute atomic E-state index is 0.192. The summed E-state index contributed by atoms with van der Waals surface area (Å²) in [5.74, 6) is 0. The molecule has 2 aromatic rings. The van der Waals surface area contributed by atoms with Crippen LogP contribution in [0.2, 0.25) is 0 Å². The van der Waals surface area contributed by atoms with Crippen molar-refractivity contribution < 1.29 is 45.1 Å². The molecule has 0 atom stereocenters. The molecule has 15 heteroatoms. The van der Waals surface area contributed by atoms with Crippen LogP contribution in [0.4, 0.5) is 30.9 Å². The summed E-state index contributed by atoms with van der Waals surface area (Å²) in [6.07, 6.45) is 4.54. The van der Waals surface area contributed by atoms with Crippen LogP contribution in [0.5, 0.6) is 0 Å². The Morgan fingerprint density at radius 2 is 1.00 bits per heavy atom. The van der Waals surface area contributed by atoms with Crippen LogP contribution >= 0.6 is 7.81 Å². The topological polar surface area (TPSA) is 126 Å². The van der Waals surface area contributed by atoms with Crippen LogP contribution in [-0.4, -0.2) is 18.2 Å². The molecule has 0 spiro atoms. The number of nitrogens with zero attached hydrogens (tertiary/aromatic N) is 4. The Bertz CT molecular complexity index is 1200. The van der Waals surface area contributed by atoms with Gasteiger partial charge in [-0.1, -0.05) is 17.7 Å². The zero-order valence-corrected chi connectivity index (χ0v) is 22.1. The number of nitrogens with two attached hydrogens (primary N) is 1. The Labute approximate surface area is 214 Å². The molecule has 0 fully saturated rings. The Kier molecular flexibility index (Phi) is 11.8. The average molecular weight is 565 g/mol. The number of aliphatic imine (C=N–C) groups is 3. The zero-order valence-electron chi connectivity index (χ0n) is 21.2. The maximum atomic E-state index is 10.4. The molecule has 2 rings (SSSR count). The van der Waals surface area contributed by atoms with Gasteiger partial charge in [0, 0.05) is 0 Å². The molecule has 0 saturated heterocycles. The van der Waals surface area contributed by atoms with Gasteiger partial charge in [0.25, 0.3) is 0 Å². The molecule has 0 aliphatic heterocycles. The molecular weight excluding hydrogens is 539 g/mol. The maximum absolute atomic E-state index is 10.7. The standard InChI is InChI=1S/C15H15N3O3.C8H10N2.F6P/c1-10-13(4-16-7-19)11(2)15(6-18-9-21)12(3)14(10)5-17-8-20;1-6-3-4-8(10-9)7(2)5-6;1-7(2,3,4,5)6/h4-6H2,1-3H3;3-5,9H,1-2H3;/q;;-1/p+1. The molecule has 0 heterocycles. The minimum atomic E-state index is -10.7. The van der Waals surface area contributed by atoms with Crippen molar-refractivity contribution >= 4 is 31.7 Å². The van der Waals surface area contributed by atoms with Crippen LogP contribution in [0.1, 0.15) is 44.5 Å². The molecule has 38 heavy (non-hydrogen) atoms. The third-order valence-corrected chi connectivity index (χ3v) is 5.11. The van der Waals surface area contributed by atoms with E-state index in [0.717, 1.165) is 44.6 Å².